The maximum absolute atomic E-state index is 12.7. The summed E-state index contributed by atoms with van der Waals surface area (Å²) in [5, 5.41) is 10.2. The lowest BCUT2D eigenvalue weighted by atomic mass is 10.1. The summed E-state index contributed by atoms with van der Waals surface area (Å²) in [6, 6.07) is 14.2. The highest BCUT2D eigenvalue weighted by molar-refractivity contribution is 7.09. The van der Waals surface area contributed by atoms with E-state index in [4.69, 9.17) is 4.74 Å². The average molecular weight is 382 g/mol. The Hall–Kier alpha value is -2.51. The predicted molar refractivity (Wildman–Crippen MR) is 104 cm³/mol. The van der Waals surface area contributed by atoms with Crippen LogP contribution in [0.15, 0.2) is 54.0 Å². The lowest BCUT2D eigenvalue weighted by Gasteiger charge is -2.15. The molecule has 3 aromatic rings. The van der Waals surface area contributed by atoms with Crippen molar-refractivity contribution >= 4 is 17.2 Å². The first-order valence-electron chi connectivity index (χ1n) is 9.11. The summed E-state index contributed by atoms with van der Waals surface area (Å²) in [5.41, 5.74) is 1.59. The molecule has 3 heterocycles. The molecule has 2 aromatic heterocycles. The van der Waals surface area contributed by atoms with Crippen molar-refractivity contribution in [1.82, 2.24) is 19.9 Å². The summed E-state index contributed by atoms with van der Waals surface area (Å²) in [7, 11) is 0. The molecule has 0 N–H and O–H groups in total. The zero-order valence-corrected chi connectivity index (χ0v) is 15.8. The second-order valence-corrected chi connectivity index (χ2v) is 7.82. The summed E-state index contributed by atoms with van der Waals surface area (Å²) >= 11 is 1.67. The number of likely N-dealkylation sites (tertiary alicyclic amines) is 1. The van der Waals surface area contributed by atoms with Crippen molar-refractivity contribution in [1.29, 1.82) is 0 Å². The summed E-state index contributed by atoms with van der Waals surface area (Å²) in [5.74, 6) is 0.330. The van der Waals surface area contributed by atoms with Crippen LogP contribution in [0.2, 0.25) is 0 Å². The summed E-state index contributed by atoms with van der Waals surface area (Å²) < 4.78 is 7.55. The quantitative estimate of drug-likeness (QED) is 0.630. The number of thiophene rings is 1. The van der Waals surface area contributed by atoms with Crippen LogP contribution < -0.4 is 0 Å². The Morgan fingerprint density at radius 1 is 1.22 bits per heavy atom. The lowest BCUT2D eigenvalue weighted by molar-refractivity contribution is 0.0728. The number of amides is 1. The Labute approximate surface area is 162 Å². The van der Waals surface area contributed by atoms with E-state index in [2.05, 4.69) is 22.4 Å². The SMILES string of the molecule is O=C(c1cn(Cc2cccs2)nn1)N1CCC(COCc2ccccc2)C1. The molecule has 1 unspecified atom stereocenters. The number of carbonyl (C=O) groups is 1. The molecule has 0 radical (unpaired) electrons. The standard InChI is InChI=1S/C20H22N4O2S/c25-20(19-13-24(22-21-19)12-18-7-4-10-27-18)23-9-8-17(11-23)15-26-14-16-5-2-1-3-6-16/h1-7,10,13,17H,8-9,11-12,14-15H2. The third-order valence-corrected chi connectivity index (χ3v) is 5.56. The zero-order valence-electron chi connectivity index (χ0n) is 15.0. The first-order chi connectivity index (χ1) is 13.3. The Bertz CT molecular complexity index is 863. The van der Waals surface area contributed by atoms with Crippen LogP contribution in [0.4, 0.5) is 0 Å². The Balaban J connectivity index is 1.26. The fourth-order valence-corrected chi connectivity index (χ4v) is 3.96. The lowest BCUT2D eigenvalue weighted by Crippen LogP contribution is -2.29. The Kier molecular flexibility index (Phi) is 5.60. The van der Waals surface area contributed by atoms with E-state index in [1.165, 1.54) is 10.4 Å². The molecule has 0 saturated carbocycles. The molecule has 1 saturated heterocycles. The third-order valence-electron chi connectivity index (χ3n) is 4.69. The van der Waals surface area contributed by atoms with Gasteiger partial charge in [-0.2, -0.15) is 0 Å². The van der Waals surface area contributed by atoms with Gasteiger partial charge in [0.25, 0.3) is 5.91 Å². The van der Waals surface area contributed by atoms with Crippen molar-refractivity contribution in [3.63, 3.8) is 0 Å². The monoisotopic (exact) mass is 382 g/mol. The van der Waals surface area contributed by atoms with Gasteiger partial charge >= 0.3 is 0 Å². The van der Waals surface area contributed by atoms with E-state index >= 15 is 0 Å². The van der Waals surface area contributed by atoms with E-state index in [1.54, 1.807) is 22.2 Å². The van der Waals surface area contributed by atoms with Crippen molar-refractivity contribution < 1.29 is 9.53 Å². The van der Waals surface area contributed by atoms with E-state index in [1.807, 2.05) is 40.6 Å². The van der Waals surface area contributed by atoms with Crippen LogP contribution in [-0.4, -0.2) is 45.5 Å². The van der Waals surface area contributed by atoms with Crippen LogP contribution in [0.3, 0.4) is 0 Å². The highest BCUT2D eigenvalue weighted by Gasteiger charge is 2.28. The minimum Gasteiger partial charge on any atom is -0.376 e. The van der Waals surface area contributed by atoms with Gasteiger partial charge in [-0.1, -0.05) is 41.6 Å². The van der Waals surface area contributed by atoms with Gasteiger partial charge in [0.1, 0.15) is 0 Å². The molecular formula is C20H22N4O2S. The molecule has 1 amide bonds. The van der Waals surface area contributed by atoms with Gasteiger partial charge < -0.3 is 9.64 Å². The van der Waals surface area contributed by atoms with Gasteiger partial charge in [-0.05, 0) is 23.4 Å². The van der Waals surface area contributed by atoms with Crippen LogP contribution in [0.5, 0.6) is 0 Å². The van der Waals surface area contributed by atoms with Crippen molar-refractivity contribution in [3.05, 3.63) is 70.2 Å². The maximum Gasteiger partial charge on any atom is 0.276 e. The molecular weight excluding hydrogens is 360 g/mol. The maximum atomic E-state index is 12.7. The molecule has 4 rings (SSSR count). The fourth-order valence-electron chi connectivity index (χ4n) is 3.27. The average Bonchev–Trinajstić information content (AvgIpc) is 3.45. The van der Waals surface area contributed by atoms with Gasteiger partial charge in [-0.15, -0.1) is 16.4 Å². The van der Waals surface area contributed by atoms with Gasteiger partial charge in [0.2, 0.25) is 0 Å². The number of aromatic nitrogens is 3. The molecule has 0 aliphatic carbocycles. The largest absolute Gasteiger partial charge is 0.376 e. The highest BCUT2D eigenvalue weighted by atomic mass is 32.1. The first-order valence-corrected chi connectivity index (χ1v) is 9.99. The van der Waals surface area contributed by atoms with E-state index in [9.17, 15) is 4.79 Å². The smallest absolute Gasteiger partial charge is 0.276 e. The van der Waals surface area contributed by atoms with Crippen LogP contribution >= 0.6 is 11.3 Å². The molecule has 1 aliphatic heterocycles. The van der Waals surface area contributed by atoms with E-state index in [0.717, 1.165) is 13.0 Å². The van der Waals surface area contributed by atoms with E-state index < -0.39 is 0 Å². The number of nitrogens with zero attached hydrogens (tertiary/aromatic N) is 4. The van der Waals surface area contributed by atoms with Crippen molar-refractivity contribution in [2.24, 2.45) is 5.92 Å². The van der Waals surface area contributed by atoms with Crippen LogP contribution in [0.1, 0.15) is 27.3 Å². The molecule has 6 nitrogen and oxygen atoms in total. The minimum absolute atomic E-state index is 0.0435. The normalized spacial score (nSPS) is 16.7. The highest BCUT2D eigenvalue weighted by Crippen LogP contribution is 2.19. The number of rotatable bonds is 7. The summed E-state index contributed by atoms with van der Waals surface area (Å²) in [4.78, 5) is 15.7. The molecule has 0 bridgehead atoms. The third kappa shape index (κ3) is 4.61. The number of hydrogen-bond donors (Lipinski definition) is 0. The van der Waals surface area contributed by atoms with E-state index in [-0.39, 0.29) is 5.91 Å². The first kappa shape index (κ1) is 17.9. The van der Waals surface area contributed by atoms with Gasteiger partial charge in [0.05, 0.1) is 26.0 Å². The minimum atomic E-state index is -0.0435. The number of carbonyl (C=O) groups excluding carboxylic acids is 1. The van der Waals surface area contributed by atoms with Crippen molar-refractivity contribution in [2.45, 2.75) is 19.6 Å². The second kappa shape index (κ2) is 8.45. The molecule has 1 fully saturated rings. The van der Waals surface area contributed by atoms with Gasteiger partial charge in [0, 0.05) is 23.9 Å². The van der Waals surface area contributed by atoms with Crippen LogP contribution in [0.25, 0.3) is 0 Å². The summed E-state index contributed by atoms with van der Waals surface area (Å²) in [6.07, 6.45) is 2.70. The molecule has 1 aromatic carbocycles. The predicted octanol–water partition coefficient (Wildman–Crippen LogP) is 3.07. The van der Waals surface area contributed by atoms with Gasteiger partial charge in [-0.3, -0.25) is 4.79 Å². The van der Waals surface area contributed by atoms with Gasteiger partial charge in [-0.25, -0.2) is 4.68 Å². The number of benzene rings is 1. The molecule has 27 heavy (non-hydrogen) atoms. The zero-order chi connectivity index (χ0) is 18.5. The molecule has 1 aliphatic rings. The molecule has 140 valence electrons. The topological polar surface area (TPSA) is 60.2 Å². The van der Waals surface area contributed by atoms with Gasteiger partial charge in [0.15, 0.2) is 5.69 Å². The summed E-state index contributed by atoms with van der Waals surface area (Å²) in [6.45, 7) is 3.39. The Morgan fingerprint density at radius 2 is 2.11 bits per heavy atom. The van der Waals surface area contributed by atoms with E-state index in [0.29, 0.717) is 37.9 Å². The number of hydrogen-bond acceptors (Lipinski definition) is 5. The van der Waals surface area contributed by atoms with Crippen LogP contribution in [-0.2, 0) is 17.9 Å². The molecule has 0 spiro atoms. The van der Waals surface area contributed by atoms with Crippen LogP contribution in [0, 0.1) is 5.92 Å². The molecule has 1 atom stereocenters. The molecule has 7 heteroatoms. The van der Waals surface area contributed by atoms with Crippen molar-refractivity contribution in [3.8, 4) is 0 Å². The van der Waals surface area contributed by atoms with Crippen molar-refractivity contribution in [2.75, 3.05) is 19.7 Å². The Morgan fingerprint density at radius 3 is 2.93 bits per heavy atom. The fraction of sp³-hybridized carbons (Fsp3) is 0.350. The number of ether oxygens (including phenoxy) is 1. The second-order valence-electron chi connectivity index (χ2n) is 6.79.